The monoisotopic (exact) mass is 398 g/mol. The van der Waals surface area contributed by atoms with Crippen molar-refractivity contribution in [3.8, 4) is 11.5 Å². The van der Waals surface area contributed by atoms with Gasteiger partial charge in [-0.1, -0.05) is 30.8 Å². The molecule has 0 saturated heterocycles. The van der Waals surface area contributed by atoms with Gasteiger partial charge in [-0.25, -0.2) is 4.68 Å². The van der Waals surface area contributed by atoms with E-state index in [9.17, 15) is 4.79 Å². The third kappa shape index (κ3) is 4.69. The van der Waals surface area contributed by atoms with Crippen LogP contribution >= 0.6 is 11.8 Å². The summed E-state index contributed by atoms with van der Waals surface area (Å²) in [6.07, 6.45) is 0.672. The zero-order chi connectivity index (χ0) is 19.9. The number of nitrogens with zero attached hydrogens (tertiary/aromatic N) is 4. The van der Waals surface area contributed by atoms with Gasteiger partial charge in [0.2, 0.25) is 5.16 Å². The van der Waals surface area contributed by atoms with Gasteiger partial charge in [0.05, 0.1) is 26.0 Å². The lowest BCUT2D eigenvalue weighted by atomic mass is 10.1. The Hall–Kier alpha value is -2.87. The number of Topliss-reactive ketones (excluding diaryl/α,β-unsaturated/α-hetero) is 1. The fourth-order valence-corrected chi connectivity index (χ4v) is 3.65. The molecule has 7 nitrogen and oxygen atoms in total. The topological polar surface area (TPSA) is 79.1 Å². The molecule has 1 unspecified atom stereocenters. The van der Waals surface area contributed by atoms with Gasteiger partial charge in [0, 0.05) is 5.56 Å². The van der Waals surface area contributed by atoms with Crippen LogP contribution in [0.1, 0.15) is 29.3 Å². The van der Waals surface area contributed by atoms with E-state index in [1.807, 2.05) is 31.2 Å². The van der Waals surface area contributed by atoms with Crippen molar-refractivity contribution < 1.29 is 14.3 Å². The van der Waals surface area contributed by atoms with Gasteiger partial charge in [0.15, 0.2) is 5.78 Å². The van der Waals surface area contributed by atoms with Gasteiger partial charge >= 0.3 is 0 Å². The van der Waals surface area contributed by atoms with Crippen LogP contribution in [0.3, 0.4) is 0 Å². The number of methoxy groups -OCH3 is 2. The highest BCUT2D eigenvalue weighted by Gasteiger charge is 2.23. The van der Waals surface area contributed by atoms with E-state index in [4.69, 9.17) is 9.47 Å². The van der Waals surface area contributed by atoms with Gasteiger partial charge < -0.3 is 9.47 Å². The number of carbonyl (C=O) groups is 1. The van der Waals surface area contributed by atoms with E-state index in [1.54, 1.807) is 43.2 Å². The number of hydrogen-bond donors (Lipinski definition) is 0. The van der Waals surface area contributed by atoms with E-state index >= 15 is 0 Å². The number of benzene rings is 2. The van der Waals surface area contributed by atoms with Crippen molar-refractivity contribution in [1.29, 1.82) is 0 Å². The fourth-order valence-electron chi connectivity index (χ4n) is 2.67. The molecule has 2 aromatic carbocycles. The molecule has 0 aliphatic rings. The first-order chi connectivity index (χ1) is 13.6. The van der Waals surface area contributed by atoms with Crippen molar-refractivity contribution in [3.05, 3.63) is 59.7 Å². The van der Waals surface area contributed by atoms with Gasteiger partial charge in [0.25, 0.3) is 0 Å². The Morgan fingerprint density at radius 2 is 1.64 bits per heavy atom. The summed E-state index contributed by atoms with van der Waals surface area (Å²) in [4.78, 5) is 12.9. The maximum Gasteiger partial charge on any atom is 0.210 e. The summed E-state index contributed by atoms with van der Waals surface area (Å²) in [5, 5.41) is 12.3. The average molecular weight is 398 g/mol. The molecule has 1 heterocycles. The molecule has 8 heteroatoms. The Balaban J connectivity index is 1.72. The first-order valence-corrected chi connectivity index (χ1v) is 9.76. The summed E-state index contributed by atoms with van der Waals surface area (Å²) < 4.78 is 12.0. The molecule has 0 aliphatic carbocycles. The summed E-state index contributed by atoms with van der Waals surface area (Å²) in [5.74, 6) is 1.57. The molecule has 0 amide bonds. The van der Waals surface area contributed by atoms with E-state index < -0.39 is 0 Å². The lowest BCUT2D eigenvalue weighted by molar-refractivity contribution is 0.0988. The van der Waals surface area contributed by atoms with Crippen LogP contribution in [0.25, 0.3) is 0 Å². The molecule has 1 atom stereocenters. The number of thioether (sulfide) groups is 1. The summed E-state index contributed by atoms with van der Waals surface area (Å²) in [6.45, 7) is 2.50. The van der Waals surface area contributed by atoms with Crippen LogP contribution in [0.4, 0.5) is 0 Å². The zero-order valence-electron chi connectivity index (χ0n) is 16.0. The number of hydrogen-bond acceptors (Lipinski definition) is 7. The number of ether oxygens (including phenoxy) is 2. The normalized spacial score (nSPS) is 11.8. The van der Waals surface area contributed by atoms with Crippen LogP contribution in [-0.4, -0.2) is 45.5 Å². The summed E-state index contributed by atoms with van der Waals surface area (Å²) in [6, 6.07) is 14.9. The molecule has 146 valence electrons. The second kappa shape index (κ2) is 9.36. The molecule has 28 heavy (non-hydrogen) atoms. The average Bonchev–Trinajstić information content (AvgIpc) is 3.18. The van der Waals surface area contributed by atoms with Crippen molar-refractivity contribution >= 4 is 17.5 Å². The molecule has 0 N–H and O–H groups in total. The highest BCUT2D eigenvalue weighted by atomic mass is 32.2. The lowest BCUT2D eigenvalue weighted by Crippen LogP contribution is -2.18. The highest BCUT2D eigenvalue weighted by molar-refractivity contribution is 8.00. The first-order valence-electron chi connectivity index (χ1n) is 8.88. The smallest absolute Gasteiger partial charge is 0.210 e. The summed E-state index contributed by atoms with van der Waals surface area (Å²) in [7, 11) is 3.24. The zero-order valence-corrected chi connectivity index (χ0v) is 16.8. The van der Waals surface area contributed by atoms with Crippen LogP contribution < -0.4 is 9.47 Å². The van der Waals surface area contributed by atoms with Crippen molar-refractivity contribution in [2.75, 3.05) is 14.2 Å². The van der Waals surface area contributed by atoms with E-state index in [-0.39, 0.29) is 11.0 Å². The Bertz CT molecular complexity index is 910. The van der Waals surface area contributed by atoms with Crippen LogP contribution in [0.15, 0.2) is 53.7 Å². The van der Waals surface area contributed by atoms with Crippen LogP contribution in [0.5, 0.6) is 11.5 Å². The van der Waals surface area contributed by atoms with Crippen molar-refractivity contribution in [2.45, 2.75) is 30.3 Å². The molecule has 0 bridgehead atoms. The minimum absolute atomic E-state index is 0.0501. The van der Waals surface area contributed by atoms with Gasteiger partial charge in [-0.2, -0.15) is 0 Å². The van der Waals surface area contributed by atoms with E-state index in [2.05, 4.69) is 15.5 Å². The van der Waals surface area contributed by atoms with Gasteiger partial charge in [-0.05, 0) is 58.8 Å². The molecule has 0 spiro atoms. The maximum atomic E-state index is 12.9. The first kappa shape index (κ1) is 19.9. The third-order valence-corrected chi connectivity index (χ3v) is 5.61. The Morgan fingerprint density at radius 1 is 1.04 bits per heavy atom. The minimum Gasteiger partial charge on any atom is -0.497 e. The molecule has 3 rings (SSSR count). The predicted octanol–water partition coefficient (Wildman–Crippen LogP) is 3.49. The third-order valence-electron chi connectivity index (χ3n) is 4.28. The predicted molar refractivity (Wildman–Crippen MR) is 107 cm³/mol. The maximum absolute atomic E-state index is 12.9. The van der Waals surface area contributed by atoms with Crippen molar-refractivity contribution in [2.24, 2.45) is 0 Å². The molecule has 1 aromatic heterocycles. The minimum atomic E-state index is -0.269. The number of aromatic nitrogens is 4. The summed E-state index contributed by atoms with van der Waals surface area (Å²) in [5.41, 5.74) is 1.69. The molecule has 3 aromatic rings. The van der Waals surface area contributed by atoms with Crippen LogP contribution in [0.2, 0.25) is 0 Å². The Labute approximate surface area is 168 Å². The number of ketones is 1. The van der Waals surface area contributed by atoms with Gasteiger partial charge in [-0.15, -0.1) is 5.10 Å². The van der Waals surface area contributed by atoms with Crippen LogP contribution in [0, 0.1) is 0 Å². The largest absolute Gasteiger partial charge is 0.497 e. The Morgan fingerprint density at radius 3 is 2.21 bits per heavy atom. The molecular formula is C20H22N4O3S. The van der Waals surface area contributed by atoms with E-state index in [1.165, 1.54) is 11.8 Å². The Kier molecular flexibility index (Phi) is 6.65. The standard InChI is InChI=1S/C20H22N4O3S/c1-4-18(19(25)15-7-11-17(27-3)12-8-15)28-20-21-22-23-24(20)13-14-5-9-16(26-2)10-6-14/h5-12,18H,4,13H2,1-3H3. The molecule has 0 fully saturated rings. The fraction of sp³-hybridized carbons (Fsp3) is 0.300. The molecular weight excluding hydrogens is 376 g/mol. The highest BCUT2D eigenvalue weighted by Crippen LogP contribution is 2.27. The number of tetrazole rings is 1. The van der Waals surface area contributed by atoms with Crippen LogP contribution in [-0.2, 0) is 6.54 Å². The second-order valence-corrected chi connectivity index (χ2v) is 7.24. The second-order valence-electron chi connectivity index (χ2n) is 6.07. The van der Waals surface area contributed by atoms with Gasteiger partial charge in [0.1, 0.15) is 11.5 Å². The molecule has 0 aliphatic heterocycles. The van der Waals surface area contributed by atoms with Crippen molar-refractivity contribution in [3.63, 3.8) is 0 Å². The van der Waals surface area contributed by atoms with E-state index in [0.717, 1.165) is 17.1 Å². The van der Waals surface area contributed by atoms with Gasteiger partial charge in [-0.3, -0.25) is 4.79 Å². The molecule has 0 saturated carbocycles. The van der Waals surface area contributed by atoms with Crippen molar-refractivity contribution in [1.82, 2.24) is 20.2 Å². The number of rotatable bonds is 9. The molecule has 0 radical (unpaired) electrons. The quantitative estimate of drug-likeness (QED) is 0.403. The SMILES string of the molecule is CCC(Sc1nnnn1Cc1ccc(OC)cc1)C(=O)c1ccc(OC)cc1. The number of carbonyl (C=O) groups excluding carboxylic acids is 1. The summed E-state index contributed by atoms with van der Waals surface area (Å²) >= 11 is 1.38. The van der Waals surface area contributed by atoms with E-state index in [0.29, 0.717) is 23.7 Å². The lowest BCUT2D eigenvalue weighted by Gasteiger charge is -2.13.